The van der Waals surface area contributed by atoms with E-state index in [0.29, 0.717) is 33.9 Å². The van der Waals surface area contributed by atoms with Crippen molar-refractivity contribution < 1.29 is 23.8 Å². The first kappa shape index (κ1) is 23.8. The molecule has 8 heteroatoms. The van der Waals surface area contributed by atoms with Crippen molar-refractivity contribution in [3.63, 3.8) is 0 Å². The van der Waals surface area contributed by atoms with Crippen molar-refractivity contribution in [3.05, 3.63) is 58.0 Å². The van der Waals surface area contributed by atoms with Crippen LogP contribution in [0.1, 0.15) is 30.5 Å². The maximum absolute atomic E-state index is 13.1. The van der Waals surface area contributed by atoms with Crippen LogP contribution >= 0.6 is 24.0 Å². The average molecular weight is 472 g/mol. The first-order chi connectivity index (χ1) is 15.3. The van der Waals surface area contributed by atoms with E-state index in [-0.39, 0.29) is 12.5 Å². The highest BCUT2D eigenvalue weighted by atomic mass is 32.2. The molecule has 1 amide bonds. The number of thiocarbonyl (C=S) groups is 1. The zero-order valence-corrected chi connectivity index (χ0v) is 20.1. The van der Waals surface area contributed by atoms with E-state index in [2.05, 4.69) is 0 Å². The van der Waals surface area contributed by atoms with E-state index in [9.17, 15) is 9.59 Å². The fourth-order valence-corrected chi connectivity index (χ4v) is 4.51. The minimum atomic E-state index is -0.450. The van der Waals surface area contributed by atoms with E-state index >= 15 is 0 Å². The van der Waals surface area contributed by atoms with Crippen molar-refractivity contribution in [2.45, 2.75) is 27.7 Å². The first-order valence-corrected chi connectivity index (χ1v) is 11.5. The third-order valence-electron chi connectivity index (χ3n) is 4.60. The third-order valence-corrected chi connectivity index (χ3v) is 5.91. The molecule has 2 aromatic rings. The van der Waals surface area contributed by atoms with Crippen LogP contribution in [0.2, 0.25) is 0 Å². The highest BCUT2D eigenvalue weighted by Gasteiger charge is 2.34. The highest BCUT2D eigenvalue weighted by Crippen LogP contribution is 2.38. The third kappa shape index (κ3) is 5.49. The molecule has 168 valence electrons. The Morgan fingerprint density at radius 3 is 2.53 bits per heavy atom. The van der Waals surface area contributed by atoms with Gasteiger partial charge in [-0.25, -0.2) is 4.79 Å². The van der Waals surface area contributed by atoms with Crippen LogP contribution in [0.3, 0.4) is 0 Å². The Morgan fingerprint density at radius 1 is 1.06 bits per heavy atom. The average Bonchev–Trinajstić information content (AvgIpc) is 3.01. The van der Waals surface area contributed by atoms with E-state index in [0.717, 1.165) is 22.4 Å². The number of hydrogen-bond donors (Lipinski definition) is 0. The largest absolute Gasteiger partial charge is 0.490 e. The van der Waals surface area contributed by atoms with Gasteiger partial charge in [0.1, 0.15) is 0 Å². The zero-order valence-electron chi connectivity index (χ0n) is 18.5. The second-order valence-electron chi connectivity index (χ2n) is 7.04. The van der Waals surface area contributed by atoms with Gasteiger partial charge in [0.2, 0.25) is 0 Å². The lowest BCUT2D eigenvalue weighted by atomic mass is 10.1. The summed E-state index contributed by atoms with van der Waals surface area (Å²) in [7, 11) is 0. The molecule has 0 aliphatic carbocycles. The highest BCUT2D eigenvalue weighted by molar-refractivity contribution is 8.27. The van der Waals surface area contributed by atoms with Gasteiger partial charge in [0.05, 0.1) is 23.8 Å². The number of esters is 1. The smallest absolute Gasteiger partial charge is 0.344 e. The molecule has 0 spiro atoms. The topological polar surface area (TPSA) is 65.1 Å². The summed E-state index contributed by atoms with van der Waals surface area (Å²) in [5.74, 6) is 0.303. The van der Waals surface area contributed by atoms with Gasteiger partial charge in [0, 0.05) is 0 Å². The van der Waals surface area contributed by atoms with Gasteiger partial charge in [0.15, 0.2) is 22.4 Å². The molecule has 0 radical (unpaired) electrons. The predicted molar refractivity (Wildman–Crippen MR) is 131 cm³/mol. The summed E-state index contributed by atoms with van der Waals surface area (Å²) >= 11 is 6.76. The molecular formula is C24H25NO5S2. The predicted octanol–water partition coefficient (Wildman–Crippen LogP) is 5.05. The molecule has 1 aliphatic rings. The van der Waals surface area contributed by atoms with Crippen molar-refractivity contribution in [2.24, 2.45) is 0 Å². The summed E-state index contributed by atoms with van der Waals surface area (Å²) in [6.07, 6.45) is 1.78. The number of thioether (sulfide) groups is 1. The maximum atomic E-state index is 13.1. The molecule has 0 bridgehead atoms. The fraction of sp³-hybridized carbons (Fsp3) is 0.292. The van der Waals surface area contributed by atoms with Gasteiger partial charge in [0.25, 0.3) is 5.91 Å². The van der Waals surface area contributed by atoms with Gasteiger partial charge in [-0.3, -0.25) is 9.69 Å². The molecular weight excluding hydrogens is 446 g/mol. The van der Waals surface area contributed by atoms with Crippen LogP contribution in [0, 0.1) is 13.8 Å². The van der Waals surface area contributed by atoms with Crippen LogP contribution in [-0.2, 0) is 14.3 Å². The lowest BCUT2D eigenvalue weighted by molar-refractivity contribution is -0.145. The number of carbonyl (C=O) groups is 2. The van der Waals surface area contributed by atoms with Crippen molar-refractivity contribution in [1.29, 1.82) is 0 Å². The molecule has 0 saturated carbocycles. The lowest BCUT2D eigenvalue weighted by Crippen LogP contribution is -2.28. The number of benzene rings is 2. The number of ether oxygens (including phenoxy) is 3. The number of aryl methyl sites for hydroxylation is 2. The molecule has 32 heavy (non-hydrogen) atoms. The van der Waals surface area contributed by atoms with Crippen LogP contribution < -0.4 is 14.4 Å². The molecule has 0 N–H and O–H groups in total. The van der Waals surface area contributed by atoms with E-state index < -0.39 is 5.97 Å². The summed E-state index contributed by atoms with van der Waals surface area (Å²) < 4.78 is 16.6. The number of anilines is 1. The molecule has 1 aliphatic heterocycles. The molecule has 1 fully saturated rings. The molecule has 1 saturated heterocycles. The van der Waals surface area contributed by atoms with Crippen molar-refractivity contribution in [1.82, 2.24) is 0 Å². The van der Waals surface area contributed by atoms with E-state index in [1.807, 2.05) is 39.0 Å². The number of hydrogen-bond acceptors (Lipinski definition) is 7. The van der Waals surface area contributed by atoms with Gasteiger partial charge in [-0.2, -0.15) is 0 Å². The number of amides is 1. The van der Waals surface area contributed by atoms with Crippen molar-refractivity contribution in [2.75, 3.05) is 24.7 Å². The Kier molecular flexibility index (Phi) is 7.93. The molecule has 6 nitrogen and oxygen atoms in total. The Labute approximate surface area is 197 Å². The first-order valence-electron chi connectivity index (χ1n) is 10.2. The van der Waals surface area contributed by atoms with Gasteiger partial charge in [-0.1, -0.05) is 47.7 Å². The molecule has 3 rings (SSSR count). The van der Waals surface area contributed by atoms with Crippen molar-refractivity contribution >= 4 is 51.9 Å². The fourth-order valence-electron chi connectivity index (χ4n) is 3.22. The Bertz CT molecular complexity index is 1080. The van der Waals surface area contributed by atoms with Crippen LogP contribution in [-0.4, -0.2) is 36.0 Å². The normalized spacial score (nSPS) is 14.8. The van der Waals surface area contributed by atoms with Gasteiger partial charge in [-0.15, -0.1) is 0 Å². The van der Waals surface area contributed by atoms with Crippen molar-refractivity contribution in [3.8, 4) is 11.5 Å². The lowest BCUT2D eigenvalue weighted by Gasteiger charge is -2.17. The van der Waals surface area contributed by atoms with Crippen LogP contribution in [0.4, 0.5) is 5.69 Å². The minimum absolute atomic E-state index is 0.160. The monoisotopic (exact) mass is 471 g/mol. The number of carbonyl (C=O) groups excluding carboxylic acids is 2. The second kappa shape index (κ2) is 10.7. The summed E-state index contributed by atoms with van der Waals surface area (Å²) in [5, 5.41) is 0. The summed E-state index contributed by atoms with van der Waals surface area (Å²) in [5.41, 5.74) is 3.67. The van der Waals surface area contributed by atoms with Crippen LogP contribution in [0.5, 0.6) is 11.5 Å². The van der Waals surface area contributed by atoms with E-state index in [1.165, 1.54) is 11.8 Å². The number of rotatable bonds is 8. The van der Waals surface area contributed by atoms with Crippen LogP contribution in [0.15, 0.2) is 41.3 Å². The molecule has 0 unspecified atom stereocenters. The quantitative estimate of drug-likeness (QED) is 0.303. The molecule has 0 atom stereocenters. The molecule has 2 aromatic carbocycles. The van der Waals surface area contributed by atoms with E-state index in [4.69, 9.17) is 26.4 Å². The summed E-state index contributed by atoms with van der Waals surface area (Å²) in [6.45, 7) is 8.08. The Balaban J connectivity index is 1.84. The van der Waals surface area contributed by atoms with Crippen LogP contribution in [0.25, 0.3) is 6.08 Å². The standard InChI is InChI=1S/C24H25NO5S2/c1-5-28-20-12-17(8-10-19(20)30-14-22(26)29-6-2)13-21-23(27)25(24(31)32-21)18-9-7-15(3)11-16(18)4/h7-13H,5-6,14H2,1-4H3/b21-13+. The summed E-state index contributed by atoms with van der Waals surface area (Å²) in [4.78, 5) is 26.8. The van der Waals surface area contributed by atoms with E-state index in [1.54, 1.807) is 36.1 Å². The minimum Gasteiger partial charge on any atom is -0.490 e. The van der Waals surface area contributed by atoms with Gasteiger partial charge >= 0.3 is 5.97 Å². The summed E-state index contributed by atoms with van der Waals surface area (Å²) in [6, 6.07) is 11.2. The van der Waals surface area contributed by atoms with Gasteiger partial charge in [-0.05, 0) is 63.1 Å². The molecule has 0 aromatic heterocycles. The number of nitrogens with zero attached hydrogens (tertiary/aromatic N) is 1. The maximum Gasteiger partial charge on any atom is 0.344 e. The Morgan fingerprint density at radius 2 is 1.84 bits per heavy atom. The zero-order chi connectivity index (χ0) is 23.3. The molecule has 1 heterocycles. The van der Waals surface area contributed by atoms with Gasteiger partial charge < -0.3 is 14.2 Å². The second-order valence-corrected chi connectivity index (χ2v) is 8.72. The SMILES string of the molecule is CCOC(=O)COc1ccc(/C=C2/SC(=S)N(c3ccc(C)cc3C)C2=O)cc1OCC. The Hall–Kier alpha value is -2.84.